The molecule has 27 heavy (non-hydrogen) atoms. The van der Waals surface area contributed by atoms with Gasteiger partial charge in [0.15, 0.2) is 5.52 Å². The number of hydrogen-bond donors (Lipinski definition) is 3. The summed E-state index contributed by atoms with van der Waals surface area (Å²) in [4.78, 5) is 21.3. The highest BCUT2D eigenvalue weighted by atomic mass is 16.6. The molecule has 0 spiro atoms. The SMILES string of the molecule is O=[N+]([O-])c1cccc(Nc2cc(NCCCO)c([N+](=O)[O-])c3nonc23)c1. The van der Waals surface area contributed by atoms with Gasteiger partial charge in [-0.2, -0.15) is 0 Å². The lowest BCUT2D eigenvalue weighted by atomic mass is 10.1. The third kappa shape index (κ3) is 3.74. The molecule has 0 amide bonds. The van der Waals surface area contributed by atoms with Crippen molar-refractivity contribution in [1.29, 1.82) is 0 Å². The van der Waals surface area contributed by atoms with E-state index >= 15 is 0 Å². The molecule has 0 atom stereocenters. The molecule has 1 aromatic heterocycles. The van der Waals surface area contributed by atoms with Crippen LogP contribution in [0.3, 0.4) is 0 Å². The number of aliphatic hydroxyl groups excluding tert-OH is 1. The number of benzene rings is 2. The average Bonchev–Trinajstić information content (AvgIpc) is 3.11. The predicted molar refractivity (Wildman–Crippen MR) is 95.0 cm³/mol. The Balaban J connectivity index is 2.05. The zero-order valence-corrected chi connectivity index (χ0v) is 13.8. The monoisotopic (exact) mass is 374 g/mol. The lowest BCUT2D eigenvalue weighted by molar-refractivity contribution is -0.384. The first-order valence-electron chi connectivity index (χ1n) is 7.81. The molecular formula is C15H14N6O6. The van der Waals surface area contributed by atoms with Crippen LogP contribution >= 0.6 is 0 Å². The van der Waals surface area contributed by atoms with Crippen molar-refractivity contribution in [2.45, 2.75) is 6.42 Å². The molecule has 1 heterocycles. The van der Waals surface area contributed by atoms with E-state index in [1.807, 2.05) is 0 Å². The van der Waals surface area contributed by atoms with E-state index in [0.717, 1.165) is 0 Å². The largest absolute Gasteiger partial charge is 0.396 e. The quantitative estimate of drug-likeness (QED) is 0.302. The van der Waals surface area contributed by atoms with Gasteiger partial charge in [-0.15, -0.1) is 0 Å². The number of nitro groups is 2. The van der Waals surface area contributed by atoms with Crippen LogP contribution in [-0.4, -0.2) is 38.4 Å². The Bertz CT molecular complexity index is 1000. The molecule has 3 aromatic rings. The molecule has 12 heteroatoms. The van der Waals surface area contributed by atoms with E-state index in [1.54, 1.807) is 6.07 Å². The van der Waals surface area contributed by atoms with Crippen molar-refractivity contribution in [2.24, 2.45) is 0 Å². The lowest BCUT2D eigenvalue weighted by Gasteiger charge is -2.11. The van der Waals surface area contributed by atoms with Gasteiger partial charge in [0.25, 0.3) is 5.69 Å². The third-order valence-electron chi connectivity index (χ3n) is 3.68. The van der Waals surface area contributed by atoms with Gasteiger partial charge in [0.05, 0.1) is 15.5 Å². The van der Waals surface area contributed by atoms with Gasteiger partial charge in [-0.3, -0.25) is 20.2 Å². The molecular weight excluding hydrogens is 360 g/mol. The Morgan fingerprint density at radius 2 is 1.85 bits per heavy atom. The van der Waals surface area contributed by atoms with Crippen LogP contribution in [0, 0.1) is 20.2 Å². The number of fused-ring (bicyclic) bond motifs is 1. The molecule has 0 bridgehead atoms. The maximum absolute atomic E-state index is 11.5. The summed E-state index contributed by atoms with van der Waals surface area (Å²) >= 11 is 0. The van der Waals surface area contributed by atoms with Crippen LogP contribution in [0.15, 0.2) is 35.0 Å². The highest BCUT2D eigenvalue weighted by Crippen LogP contribution is 2.38. The molecule has 0 aliphatic heterocycles. The molecule has 0 saturated carbocycles. The number of hydrogen-bond acceptors (Lipinski definition) is 10. The molecule has 140 valence electrons. The highest BCUT2D eigenvalue weighted by molar-refractivity contribution is 6.00. The van der Waals surface area contributed by atoms with Crippen LogP contribution in [0.4, 0.5) is 28.4 Å². The summed E-state index contributed by atoms with van der Waals surface area (Å²) in [6.07, 6.45) is 0.389. The maximum Gasteiger partial charge on any atom is 0.323 e. The van der Waals surface area contributed by atoms with E-state index in [-0.39, 0.29) is 34.7 Å². The molecule has 0 saturated heterocycles. The topological polar surface area (TPSA) is 169 Å². The first-order valence-corrected chi connectivity index (χ1v) is 7.81. The summed E-state index contributed by atoms with van der Waals surface area (Å²) in [5, 5.41) is 44.4. The summed E-state index contributed by atoms with van der Waals surface area (Å²) in [6.45, 7) is 0.220. The van der Waals surface area contributed by atoms with Crippen molar-refractivity contribution in [3.63, 3.8) is 0 Å². The summed E-state index contributed by atoms with van der Waals surface area (Å²) in [6, 6.07) is 7.22. The Kier molecular flexibility index (Phi) is 5.08. The second kappa shape index (κ2) is 7.61. The van der Waals surface area contributed by atoms with Crippen molar-refractivity contribution in [1.82, 2.24) is 10.3 Å². The molecule has 0 aliphatic rings. The molecule has 12 nitrogen and oxygen atoms in total. The first-order chi connectivity index (χ1) is 13.0. The van der Waals surface area contributed by atoms with Crippen LogP contribution in [0.1, 0.15) is 6.42 Å². The van der Waals surface area contributed by atoms with Crippen LogP contribution in [0.2, 0.25) is 0 Å². The molecule has 0 radical (unpaired) electrons. The van der Waals surface area contributed by atoms with E-state index < -0.39 is 9.85 Å². The van der Waals surface area contributed by atoms with Gasteiger partial charge in [-0.25, -0.2) is 4.63 Å². The maximum atomic E-state index is 11.5. The van der Waals surface area contributed by atoms with Gasteiger partial charge >= 0.3 is 5.69 Å². The van der Waals surface area contributed by atoms with Gasteiger partial charge in [0.2, 0.25) is 5.52 Å². The molecule has 0 fully saturated rings. The minimum atomic E-state index is -0.606. The van der Waals surface area contributed by atoms with Crippen LogP contribution in [-0.2, 0) is 0 Å². The van der Waals surface area contributed by atoms with E-state index in [0.29, 0.717) is 24.3 Å². The van der Waals surface area contributed by atoms with Crippen molar-refractivity contribution >= 4 is 39.5 Å². The Hall–Kier alpha value is -3.80. The van der Waals surface area contributed by atoms with Crippen molar-refractivity contribution < 1.29 is 19.6 Å². The zero-order valence-electron chi connectivity index (χ0n) is 13.8. The van der Waals surface area contributed by atoms with Crippen LogP contribution in [0.25, 0.3) is 11.0 Å². The molecule has 0 aliphatic carbocycles. The van der Waals surface area contributed by atoms with Crippen LogP contribution in [0.5, 0.6) is 0 Å². The standard InChI is InChI=1S/C15H14N6O6/c22-6-2-5-16-12-8-11(13-14(19-27-18-13)15(12)21(25)26)17-9-3-1-4-10(7-9)20(23)24/h1,3-4,7-8,16-17,22H,2,5-6H2. The number of nitrogens with one attached hydrogen (secondary N) is 2. The minimum Gasteiger partial charge on any atom is -0.396 e. The predicted octanol–water partition coefficient (Wildman–Crippen LogP) is 2.58. The first kappa shape index (κ1) is 18.0. The Morgan fingerprint density at radius 1 is 1.07 bits per heavy atom. The Morgan fingerprint density at radius 3 is 2.56 bits per heavy atom. The average molecular weight is 374 g/mol. The van der Waals surface area contributed by atoms with E-state index in [1.165, 1.54) is 24.3 Å². The van der Waals surface area contributed by atoms with Gasteiger partial charge in [0.1, 0.15) is 5.69 Å². The normalized spacial score (nSPS) is 10.7. The number of non-ortho nitro benzene ring substituents is 1. The number of aliphatic hydroxyl groups is 1. The molecule has 3 N–H and O–H groups in total. The summed E-state index contributed by atoms with van der Waals surface area (Å²) in [5.74, 6) is 0. The van der Waals surface area contributed by atoms with E-state index in [9.17, 15) is 20.2 Å². The van der Waals surface area contributed by atoms with E-state index in [2.05, 4.69) is 25.6 Å². The van der Waals surface area contributed by atoms with Gasteiger partial charge in [0, 0.05) is 31.0 Å². The van der Waals surface area contributed by atoms with Gasteiger partial charge in [-0.05, 0) is 28.9 Å². The fraction of sp³-hybridized carbons (Fsp3) is 0.200. The second-order valence-electron chi connectivity index (χ2n) is 5.48. The number of nitro benzene ring substituents is 2. The van der Waals surface area contributed by atoms with Crippen molar-refractivity contribution in [3.05, 3.63) is 50.6 Å². The molecule has 0 unspecified atom stereocenters. The van der Waals surface area contributed by atoms with Gasteiger partial charge in [-0.1, -0.05) is 6.07 Å². The van der Waals surface area contributed by atoms with Gasteiger partial charge < -0.3 is 15.7 Å². The van der Waals surface area contributed by atoms with Crippen LogP contribution < -0.4 is 10.6 Å². The molecule has 3 rings (SSSR count). The smallest absolute Gasteiger partial charge is 0.323 e. The zero-order chi connectivity index (χ0) is 19.4. The van der Waals surface area contributed by atoms with Crippen molar-refractivity contribution in [3.8, 4) is 0 Å². The summed E-state index contributed by atoms with van der Waals surface area (Å²) in [5.41, 5.74) is 0.492. The minimum absolute atomic E-state index is 0.0677. The highest BCUT2D eigenvalue weighted by Gasteiger charge is 2.26. The summed E-state index contributed by atoms with van der Waals surface area (Å²) in [7, 11) is 0. The number of rotatable bonds is 8. The van der Waals surface area contributed by atoms with E-state index in [4.69, 9.17) is 5.11 Å². The number of nitrogens with zero attached hydrogens (tertiary/aromatic N) is 4. The molecule has 2 aromatic carbocycles. The van der Waals surface area contributed by atoms with Crippen molar-refractivity contribution in [2.75, 3.05) is 23.8 Å². The second-order valence-corrected chi connectivity index (χ2v) is 5.48. The summed E-state index contributed by atoms with van der Waals surface area (Å²) < 4.78 is 4.66. The fourth-order valence-electron chi connectivity index (χ4n) is 2.50. The lowest BCUT2D eigenvalue weighted by Crippen LogP contribution is -2.07. The fourth-order valence-corrected chi connectivity index (χ4v) is 2.50. The Labute approximate surface area is 151 Å². The number of aromatic nitrogens is 2. The third-order valence-corrected chi connectivity index (χ3v) is 3.68. The number of anilines is 3.